The Kier molecular flexibility index (Phi) is 6.81. The second kappa shape index (κ2) is 7.54. The molecule has 0 aliphatic heterocycles. The van der Waals surface area contributed by atoms with Crippen molar-refractivity contribution in [1.29, 1.82) is 0 Å². The number of rotatable bonds is 8. The average Bonchev–Trinajstić information content (AvgIpc) is 2.30. The zero-order valence-corrected chi connectivity index (χ0v) is 10.4. The number of Topliss-reactive ketones (excluding diaryl/α,β-unsaturated/α-hetero) is 2. The molecule has 0 unspecified atom stereocenters. The van der Waals surface area contributed by atoms with Crippen LogP contribution in [0.25, 0.3) is 0 Å². The second-order valence-electron chi connectivity index (χ2n) is 3.95. The molecule has 0 rings (SSSR count). The van der Waals surface area contributed by atoms with Crippen molar-refractivity contribution < 1.29 is 24.3 Å². The summed E-state index contributed by atoms with van der Waals surface area (Å²) in [5.41, 5.74) is 5.40. The molecule has 0 aromatic rings. The van der Waals surface area contributed by atoms with E-state index >= 15 is 0 Å². The van der Waals surface area contributed by atoms with Crippen molar-refractivity contribution in [3.05, 3.63) is 0 Å². The molecule has 0 aromatic heterocycles. The Morgan fingerprint density at radius 1 is 1.28 bits per heavy atom. The van der Waals surface area contributed by atoms with Gasteiger partial charge in [-0.25, -0.2) is 0 Å². The van der Waals surface area contributed by atoms with Crippen molar-refractivity contribution in [2.75, 3.05) is 0 Å². The lowest BCUT2D eigenvalue weighted by Gasteiger charge is -2.14. The maximum absolute atomic E-state index is 11.5. The minimum absolute atomic E-state index is 0.113. The SMILES string of the molecule is CC[C@H](NC(=O)C(=O)[C@@H](N)CCC(=O)O)C(C)=O. The molecule has 4 N–H and O–H groups in total. The number of hydrogen-bond acceptors (Lipinski definition) is 5. The van der Waals surface area contributed by atoms with Crippen molar-refractivity contribution in [2.24, 2.45) is 5.73 Å². The lowest BCUT2D eigenvalue weighted by Crippen LogP contribution is -2.48. The monoisotopic (exact) mass is 258 g/mol. The summed E-state index contributed by atoms with van der Waals surface area (Å²) in [6, 6.07) is -1.88. The largest absolute Gasteiger partial charge is 0.481 e. The molecule has 18 heavy (non-hydrogen) atoms. The van der Waals surface area contributed by atoms with Gasteiger partial charge in [-0.2, -0.15) is 0 Å². The van der Waals surface area contributed by atoms with Gasteiger partial charge in [0.15, 0.2) is 5.78 Å². The van der Waals surface area contributed by atoms with E-state index < -0.39 is 29.7 Å². The van der Waals surface area contributed by atoms with Crippen LogP contribution in [0.4, 0.5) is 0 Å². The Morgan fingerprint density at radius 3 is 2.22 bits per heavy atom. The number of aliphatic carboxylic acids is 1. The fourth-order valence-electron chi connectivity index (χ4n) is 1.30. The minimum Gasteiger partial charge on any atom is -0.481 e. The fourth-order valence-corrected chi connectivity index (χ4v) is 1.30. The van der Waals surface area contributed by atoms with Crippen LogP contribution in [0.1, 0.15) is 33.1 Å². The number of nitrogens with two attached hydrogens (primary N) is 1. The number of ketones is 2. The smallest absolute Gasteiger partial charge is 0.303 e. The molecule has 0 aliphatic carbocycles. The van der Waals surface area contributed by atoms with Crippen LogP contribution in [0.3, 0.4) is 0 Å². The van der Waals surface area contributed by atoms with Gasteiger partial charge < -0.3 is 16.2 Å². The summed E-state index contributed by atoms with van der Waals surface area (Å²) >= 11 is 0. The van der Waals surface area contributed by atoms with Crippen molar-refractivity contribution in [2.45, 2.75) is 45.2 Å². The summed E-state index contributed by atoms with van der Waals surface area (Å²) in [4.78, 5) is 44.3. The molecule has 0 saturated carbocycles. The number of carboxylic acids is 1. The van der Waals surface area contributed by atoms with Crippen LogP contribution >= 0.6 is 0 Å². The predicted octanol–water partition coefficient (Wildman–Crippen LogP) is -0.769. The van der Waals surface area contributed by atoms with E-state index in [4.69, 9.17) is 10.8 Å². The predicted molar refractivity (Wildman–Crippen MR) is 62.8 cm³/mol. The van der Waals surface area contributed by atoms with Gasteiger partial charge in [-0.15, -0.1) is 0 Å². The van der Waals surface area contributed by atoms with Crippen LogP contribution in [0, 0.1) is 0 Å². The number of carbonyl (C=O) groups is 4. The van der Waals surface area contributed by atoms with Crippen LogP contribution < -0.4 is 11.1 Å². The molecule has 7 heteroatoms. The second-order valence-corrected chi connectivity index (χ2v) is 3.95. The lowest BCUT2D eigenvalue weighted by molar-refractivity contribution is -0.140. The van der Waals surface area contributed by atoms with Gasteiger partial charge in [-0.1, -0.05) is 6.92 Å². The zero-order chi connectivity index (χ0) is 14.3. The van der Waals surface area contributed by atoms with E-state index in [9.17, 15) is 19.2 Å². The van der Waals surface area contributed by atoms with E-state index in [2.05, 4.69) is 5.32 Å². The van der Waals surface area contributed by atoms with Gasteiger partial charge in [-0.05, 0) is 19.8 Å². The third-order valence-corrected chi connectivity index (χ3v) is 2.43. The molecule has 0 fully saturated rings. The van der Waals surface area contributed by atoms with E-state index in [1.54, 1.807) is 6.92 Å². The summed E-state index contributed by atoms with van der Waals surface area (Å²) in [6.07, 6.45) is -0.0265. The molecule has 0 radical (unpaired) electrons. The van der Waals surface area contributed by atoms with Crippen molar-refractivity contribution in [3.8, 4) is 0 Å². The van der Waals surface area contributed by atoms with E-state index in [1.165, 1.54) is 6.92 Å². The summed E-state index contributed by atoms with van der Waals surface area (Å²) in [5.74, 6) is -3.20. The van der Waals surface area contributed by atoms with Gasteiger partial charge in [0.2, 0.25) is 5.78 Å². The highest BCUT2D eigenvalue weighted by atomic mass is 16.4. The molecular weight excluding hydrogens is 240 g/mol. The number of amides is 1. The lowest BCUT2D eigenvalue weighted by atomic mass is 10.1. The van der Waals surface area contributed by atoms with Crippen LogP contribution in [0.2, 0.25) is 0 Å². The molecule has 1 amide bonds. The van der Waals surface area contributed by atoms with Gasteiger partial charge in [0.05, 0.1) is 12.1 Å². The summed E-state index contributed by atoms with van der Waals surface area (Å²) in [7, 11) is 0. The van der Waals surface area contributed by atoms with E-state index in [0.717, 1.165) is 0 Å². The van der Waals surface area contributed by atoms with Gasteiger partial charge in [0.1, 0.15) is 0 Å². The summed E-state index contributed by atoms with van der Waals surface area (Å²) in [6.45, 7) is 3.00. The van der Waals surface area contributed by atoms with Crippen molar-refractivity contribution in [3.63, 3.8) is 0 Å². The molecule has 0 aromatic carbocycles. The van der Waals surface area contributed by atoms with E-state index in [-0.39, 0.29) is 18.6 Å². The Morgan fingerprint density at radius 2 is 1.83 bits per heavy atom. The third-order valence-electron chi connectivity index (χ3n) is 2.43. The summed E-state index contributed by atoms with van der Waals surface area (Å²) < 4.78 is 0. The Labute approximate surface area is 105 Å². The zero-order valence-electron chi connectivity index (χ0n) is 10.4. The van der Waals surface area contributed by atoms with Gasteiger partial charge >= 0.3 is 5.97 Å². The molecule has 0 bridgehead atoms. The standard InChI is InChI=1S/C11H18N2O5/c1-3-8(6(2)14)13-11(18)10(17)7(12)4-5-9(15)16/h7-8H,3-5,12H2,1-2H3,(H,13,18)(H,15,16)/t7-,8-/m0/s1. The quantitative estimate of drug-likeness (QED) is 0.491. The number of nitrogens with one attached hydrogen (secondary N) is 1. The summed E-state index contributed by atoms with van der Waals surface area (Å²) in [5, 5.41) is 10.7. The maximum Gasteiger partial charge on any atom is 0.303 e. The van der Waals surface area contributed by atoms with Crippen molar-refractivity contribution >= 4 is 23.4 Å². The average molecular weight is 258 g/mol. The Hall–Kier alpha value is -1.76. The minimum atomic E-state index is -1.16. The van der Waals surface area contributed by atoms with E-state index in [1.807, 2.05) is 0 Å². The molecule has 0 saturated heterocycles. The molecule has 0 spiro atoms. The number of carbonyl (C=O) groups excluding carboxylic acids is 3. The van der Waals surface area contributed by atoms with Gasteiger partial charge in [0.25, 0.3) is 5.91 Å². The molecular formula is C11H18N2O5. The van der Waals surface area contributed by atoms with E-state index in [0.29, 0.717) is 6.42 Å². The normalized spacial score (nSPS) is 13.5. The first-order chi connectivity index (χ1) is 8.29. The highest BCUT2D eigenvalue weighted by Gasteiger charge is 2.25. The highest BCUT2D eigenvalue weighted by molar-refractivity contribution is 6.38. The van der Waals surface area contributed by atoms with Crippen LogP contribution in [-0.4, -0.2) is 40.6 Å². The topological polar surface area (TPSA) is 127 Å². The Balaban J connectivity index is 4.37. The first-order valence-corrected chi connectivity index (χ1v) is 5.62. The van der Waals surface area contributed by atoms with Crippen LogP contribution in [0.15, 0.2) is 0 Å². The first kappa shape index (κ1) is 16.2. The maximum atomic E-state index is 11.5. The first-order valence-electron chi connectivity index (χ1n) is 5.62. The third kappa shape index (κ3) is 5.53. The molecule has 102 valence electrons. The number of carboxylic acid groups (broad SMARTS) is 1. The molecule has 0 heterocycles. The Bertz CT molecular complexity index is 353. The molecule has 7 nitrogen and oxygen atoms in total. The number of hydrogen-bond donors (Lipinski definition) is 3. The van der Waals surface area contributed by atoms with Gasteiger partial charge in [-0.3, -0.25) is 19.2 Å². The molecule has 0 aliphatic rings. The van der Waals surface area contributed by atoms with Crippen molar-refractivity contribution in [1.82, 2.24) is 5.32 Å². The van der Waals surface area contributed by atoms with Crippen LogP contribution in [-0.2, 0) is 19.2 Å². The fraction of sp³-hybridized carbons (Fsp3) is 0.636. The highest BCUT2D eigenvalue weighted by Crippen LogP contribution is 1.98. The van der Waals surface area contributed by atoms with Crippen LogP contribution in [0.5, 0.6) is 0 Å². The van der Waals surface area contributed by atoms with Gasteiger partial charge in [0, 0.05) is 6.42 Å². The molecule has 2 atom stereocenters.